The van der Waals surface area contributed by atoms with Crippen LogP contribution in [0.2, 0.25) is 0 Å². The van der Waals surface area contributed by atoms with Crippen molar-refractivity contribution in [3.8, 4) is 5.75 Å². The summed E-state index contributed by atoms with van der Waals surface area (Å²) in [7, 11) is 0. The molecule has 1 aliphatic heterocycles. The summed E-state index contributed by atoms with van der Waals surface area (Å²) in [4.78, 5) is 31.0. The van der Waals surface area contributed by atoms with Gasteiger partial charge in [0.2, 0.25) is 5.91 Å². The standard InChI is InChI=1S/C18H21N3O3/c22-17(12-15-6-7-19-13-15)20-8-10-21(11-9-20)18(23)14-24-16-4-2-1-3-5-16/h1-7,13,19H,8-12,14H2. The van der Waals surface area contributed by atoms with Crippen LogP contribution in [0, 0.1) is 0 Å². The number of hydrogen-bond donors (Lipinski definition) is 1. The van der Waals surface area contributed by atoms with Crippen LogP contribution in [-0.2, 0) is 16.0 Å². The minimum Gasteiger partial charge on any atom is -0.484 e. The molecule has 0 saturated carbocycles. The van der Waals surface area contributed by atoms with E-state index < -0.39 is 0 Å². The molecule has 1 N–H and O–H groups in total. The fourth-order valence-electron chi connectivity index (χ4n) is 2.71. The maximum absolute atomic E-state index is 12.2. The van der Waals surface area contributed by atoms with Crippen molar-refractivity contribution in [3.63, 3.8) is 0 Å². The second kappa shape index (κ2) is 7.68. The molecule has 126 valence electrons. The number of carbonyl (C=O) groups excluding carboxylic acids is 2. The molecule has 0 aliphatic carbocycles. The van der Waals surface area contributed by atoms with E-state index in [1.165, 1.54) is 0 Å². The smallest absolute Gasteiger partial charge is 0.260 e. The van der Waals surface area contributed by atoms with Crippen molar-refractivity contribution in [3.05, 3.63) is 54.4 Å². The average molecular weight is 327 g/mol. The van der Waals surface area contributed by atoms with Gasteiger partial charge in [0.05, 0.1) is 6.42 Å². The fraction of sp³-hybridized carbons (Fsp3) is 0.333. The third kappa shape index (κ3) is 4.16. The molecule has 6 heteroatoms. The summed E-state index contributed by atoms with van der Waals surface area (Å²) in [5.74, 6) is 0.741. The molecule has 1 aromatic carbocycles. The molecule has 0 radical (unpaired) electrons. The molecule has 0 bridgehead atoms. The first kappa shape index (κ1) is 16.1. The largest absolute Gasteiger partial charge is 0.484 e. The predicted octanol–water partition coefficient (Wildman–Crippen LogP) is 1.31. The topological polar surface area (TPSA) is 65.6 Å². The number of benzene rings is 1. The lowest BCUT2D eigenvalue weighted by Gasteiger charge is -2.34. The van der Waals surface area contributed by atoms with E-state index >= 15 is 0 Å². The Morgan fingerprint density at radius 2 is 1.62 bits per heavy atom. The Morgan fingerprint density at radius 3 is 2.25 bits per heavy atom. The number of aromatic amines is 1. The van der Waals surface area contributed by atoms with Gasteiger partial charge in [-0.1, -0.05) is 18.2 Å². The molecule has 2 aromatic rings. The molecule has 2 amide bonds. The molecule has 24 heavy (non-hydrogen) atoms. The summed E-state index contributed by atoms with van der Waals surface area (Å²) >= 11 is 0. The molecular weight excluding hydrogens is 306 g/mol. The molecule has 0 unspecified atom stereocenters. The molecule has 0 atom stereocenters. The van der Waals surface area contributed by atoms with Crippen molar-refractivity contribution in [2.45, 2.75) is 6.42 Å². The van der Waals surface area contributed by atoms with Gasteiger partial charge in [-0.15, -0.1) is 0 Å². The van der Waals surface area contributed by atoms with Crippen LogP contribution in [0.3, 0.4) is 0 Å². The number of H-pyrrole nitrogens is 1. The van der Waals surface area contributed by atoms with Gasteiger partial charge in [-0.05, 0) is 23.8 Å². The summed E-state index contributed by atoms with van der Waals surface area (Å²) in [6.07, 6.45) is 4.04. The van der Waals surface area contributed by atoms with Crippen molar-refractivity contribution in [1.29, 1.82) is 0 Å². The third-order valence-corrected chi connectivity index (χ3v) is 4.11. The summed E-state index contributed by atoms with van der Waals surface area (Å²) < 4.78 is 5.49. The highest BCUT2D eigenvalue weighted by atomic mass is 16.5. The number of ether oxygens (including phenoxy) is 1. The lowest BCUT2D eigenvalue weighted by Crippen LogP contribution is -2.51. The SMILES string of the molecule is O=C(COc1ccccc1)N1CCN(C(=O)Cc2cc[nH]c2)CC1. The second-order valence-electron chi connectivity index (χ2n) is 5.76. The van der Waals surface area contributed by atoms with Gasteiger partial charge >= 0.3 is 0 Å². The van der Waals surface area contributed by atoms with E-state index in [1.54, 1.807) is 4.90 Å². The lowest BCUT2D eigenvalue weighted by molar-refractivity contribution is -0.140. The molecule has 3 rings (SSSR count). The summed E-state index contributed by atoms with van der Waals surface area (Å²) in [6.45, 7) is 2.27. The van der Waals surface area contributed by atoms with Gasteiger partial charge in [0, 0.05) is 38.6 Å². The summed E-state index contributed by atoms with van der Waals surface area (Å²) in [5, 5.41) is 0. The van der Waals surface area contributed by atoms with Crippen LogP contribution in [0.5, 0.6) is 5.75 Å². The van der Waals surface area contributed by atoms with Crippen LogP contribution < -0.4 is 4.74 Å². The van der Waals surface area contributed by atoms with E-state index in [9.17, 15) is 9.59 Å². The van der Waals surface area contributed by atoms with Crippen LogP contribution in [0.1, 0.15) is 5.56 Å². The number of aromatic nitrogens is 1. The van der Waals surface area contributed by atoms with Crippen LogP contribution in [0.4, 0.5) is 0 Å². The fourth-order valence-corrected chi connectivity index (χ4v) is 2.71. The maximum atomic E-state index is 12.2. The molecule has 1 aromatic heterocycles. The van der Waals surface area contributed by atoms with Crippen LogP contribution in [0.25, 0.3) is 0 Å². The van der Waals surface area contributed by atoms with Gasteiger partial charge < -0.3 is 19.5 Å². The van der Waals surface area contributed by atoms with E-state index in [1.807, 2.05) is 53.7 Å². The van der Waals surface area contributed by atoms with Crippen molar-refractivity contribution >= 4 is 11.8 Å². The van der Waals surface area contributed by atoms with E-state index in [0.717, 1.165) is 5.56 Å². The maximum Gasteiger partial charge on any atom is 0.260 e. The Bertz CT molecular complexity index is 662. The second-order valence-corrected chi connectivity index (χ2v) is 5.76. The summed E-state index contributed by atoms with van der Waals surface area (Å²) in [5.41, 5.74) is 0.981. The van der Waals surface area contributed by atoms with Crippen LogP contribution >= 0.6 is 0 Å². The minimum absolute atomic E-state index is 0.0291. The van der Waals surface area contributed by atoms with Crippen molar-refractivity contribution < 1.29 is 14.3 Å². The summed E-state index contributed by atoms with van der Waals surface area (Å²) in [6, 6.07) is 11.2. The van der Waals surface area contributed by atoms with Crippen LogP contribution in [0.15, 0.2) is 48.8 Å². The number of para-hydroxylation sites is 1. The molecule has 1 saturated heterocycles. The monoisotopic (exact) mass is 327 g/mol. The zero-order chi connectivity index (χ0) is 16.8. The zero-order valence-electron chi connectivity index (χ0n) is 13.5. The number of hydrogen-bond acceptors (Lipinski definition) is 3. The highest BCUT2D eigenvalue weighted by Crippen LogP contribution is 2.10. The number of carbonyl (C=O) groups is 2. The number of amides is 2. The number of piperazine rings is 1. The molecule has 1 fully saturated rings. The van der Waals surface area contributed by atoms with Gasteiger partial charge in [-0.25, -0.2) is 0 Å². The van der Waals surface area contributed by atoms with Gasteiger partial charge in [0.25, 0.3) is 5.91 Å². The molecule has 1 aliphatic rings. The first-order valence-corrected chi connectivity index (χ1v) is 8.07. The molecule has 6 nitrogen and oxygen atoms in total. The number of nitrogens with one attached hydrogen (secondary N) is 1. The van der Waals surface area contributed by atoms with Crippen molar-refractivity contribution in [1.82, 2.24) is 14.8 Å². The molecule has 0 spiro atoms. The van der Waals surface area contributed by atoms with Gasteiger partial charge in [-0.2, -0.15) is 0 Å². The first-order valence-electron chi connectivity index (χ1n) is 8.07. The Kier molecular flexibility index (Phi) is 5.15. The van der Waals surface area contributed by atoms with Gasteiger partial charge in [-0.3, -0.25) is 9.59 Å². The average Bonchev–Trinajstić information content (AvgIpc) is 3.13. The highest BCUT2D eigenvalue weighted by Gasteiger charge is 2.24. The lowest BCUT2D eigenvalue weighted by atomic mass is 10.2. The van der Waals surface area contributed by atoms with E-state index in [2.05, 4.69) is 4.98 Å². The quantitative estimate of drug-likeness (QED) is 0.900. The van der Waals surface area contributed by atoms with Gasteiger partial charge in [0.15, 0.2) is 6.61 Å². The first-order chi connectivity index (χ1) is 11.7. The van der Waals surface area contributed by atoms with E-state index in [-0.39, 0.29) is 18.4 Å². The minimum atomic E-state index is -0.0448. The number of rotatable bonds is 5. The van der Waals surface area contributed by atoms with Gasteiger partial charge in [0.1, 0.15) is 5.75 Å². The van der Waals surface area contributed by atoms with Crippen molar-refractivity contribution in [2.75, 3.05) is 32.8 Å². The van der Waals surface area contributed by atoms with E-state index in [4.69, 9.17) is 4.74 Å². The Labute approximate surface area is 141 Å². The normalized spacial score (nSPS) is 14.5. The Balaban J connectivity index is 1.42. The third-order valence-electron chi connectivity index (χ3n) is 4.11. The Morgan fingerprint density at radius 1 is 0.958 bits per heavy atom. The highest BCUT2D eigenvalue weighted by molar-refractivity contribution is 5.80. The zero-order valence-corrected chi connectivity index (χ0v) is 13.5. The Hall–Kier alpha value is -2.76. The molecular formula is C18H21N3O3. The predicted molar refractivity (Wildman–Crippen MR) is 89.6 cm³/mol. The van der Waals surface area contributed by atoms with Crippen molar-refractivity contribution in [2.24, 2.45) is 0 Å². The van der Waals surface area contributed by atoms with Crippen LogP contribution in [-0.4, -0.2) is 59.4 Å². The van der Waals surface area contributed by atoms with E-state index in [0.29, 0.717) is 38.3 Å². The number of nitrogens with zero attached hydrogens (tertiary/aromatic N) is 2. The molecule has 2 heterocycles.